The van der Waals surface area contributed by atoms with Crippen molar-refractivity contribution in [3.05, 3.63) is 42.0 Å². The van der Waals surface area contributed by atoms with Gasteiger partial charge in [-0.25, -0.2) is 0 Å². The number of piperidine rings is 1. The summed E-state index contributed by atoms with van der Waals surface area (Å²) in [6.45, 7) is 7.68. The second kappa shape index (κ2) is 6.93. The zero-order valence-corrected chi connectivity index (χ0v) is 13.2. The number of rotatable bonds is 5. The molecule has 1 aromatic rings. The third-order valence-electron chi connectivity index (χ3n) is 4.34. The molecule has 0 spiro atoms. The average Bonchev–Trinajstić information content (AvgIpc) is 2.49. The highest BCUT2D eigenvalue weighted by molar-refractivity contribution is 5.35. The Kier molecular flexibility index (Phi) is 5.37. The summed E-state index contributed by atoms with van der Waals surface area (Å²) in [7, 11) is 0. The van der Waals surface area contributed by atoms with Gasteiger partial charge < -0.3 is 9.84 Å². The molecule has 0 amide bonds. The fraction of sp³-hybridized carbons (Fsp3) is 0.529. The first kappa shape index (κ1) is 17.8. The number of ether oxygens (including phenoxy) is 1. The predicted molar refractivity (Wildman–Crippen MR) is 82.4 cm³/mol. The molecule has 6 heteroatoms. The zero-order chi connectivity index (χ0) is 17.1. The molecule has 1 saturated heterocycles. The first-order chi connectivity index (χ1) is 10.7. The van der Waals surface area contributed by atoms with E-state index in [-0.39, 0.29) is 12.4 Å². The van der Waals surface area contributed by atoms with Crippen LogP contribution in [-0.4, -0.2) is 41.8 Å². The minimum absolute atomic E-state index is 0.143. The molecule has 1 heterocycles. The Balaban J connectivity index is 1.84. The molecule has 0 aromatic heterocycles. The van der Waals surface area contributed by atoms with Crippen molar-refractivity contribution in [2.45, 2.75) is 31.5 Å². The Morgan fingerprint density at radius 1 is 1.30 bits per heavy atom. The Hall–Kier alpha value is -1.53. The fourth-order valence-corrected chi connectivity index (χ4v) is 2.68. The van der Waals surface area contributed by atoms with Gasteiger partial charge in [-0.15, -0.1) is 0 Å². The lowest BCUT2D eigenvalue weighted by atomic mass is 9.86. The van der Waals surface area contributed by atoms with Gasteiger partial charge in [-0.2, -0.15) is 13.2 Å². The fourth-order valence-electron chi connectivity index (χ4n) is 2.68. The number of hydrogen-bond donors (Lipinski definition) is 1. The van der Waals surface area contributed by atoms with Crippen LogP contribution in [0.5, 0.6) is 5.75 Å². The maximum absolute atomic E-state index is 12.9. The number of nitrogens with zero attached hydrogens (tertiary/aromatic N) is 1. The van der Waals surface area contributed by atoms with E-state index in [0.717, 1.165) is 11.6 Å². The van der Waals surface area contributed by atoms with Crippen LogP contribution >= 0.6 is 0 Å². The highest BCUT2D eigenvalue weighted by Crippen LogP contribution is 2.36. The lowest BCUT2D eigenvalue weighted by molar-refractivity contribution is -0.139. The molecule has 1 N–H and O–H groups in total. The summed E-state index contributed by atoms with van der Waals surface area (Å²) in [4.78, 5) is 2.08. The van der Waals surface area contributed by atoms with E-state index >= 15 is 0 Å². The van der Waals surface area contributed by atoms with Crippen LogP contribution in [0.4, 0.5) is 13.2 Å². The van der Waals surface area contributed by atoms with E-state index in [1.807, 2.05) is 6.92 Å². The van der Waals surface area contributed by atoms with Gasteiger partial charge >= 0.3 is 6.18 Å². The van der Waals surface area contributed by atoms with E-state index in [1.54, 1.807) is 0 Å². The quantitative estimate of drug-likeness (QED) is 0.840. The topological polar surface area (TPSA) is 32.7 Å². The van der Waals surface area contributed by atoms with Crippen molar-refractivity contribution < 1.29 is 23.0 Å². The molecule has 2 rings (SSSR count). The van der Waals surface area contributed by atoms with E-state index in [0.29, 0.717) is 32.5 Å². The second-order valence-corrected chi connectivity index (χ2v) is 6.00. The Morgan fingerprint density at radius 3 is 2.48 bits per heavy atom. The summed E-state index contributed by atoms with van der Waals surface area (Å²) >= 11 is 0. The van der Waals surface area contributed by atoms with Gasteiger partial charge in [-0.1, -0.05) is 18.7 Å². The first-order valence-corrected chi connectivity index (χ1v) is 7.62. The molecule has 1 aliphatic rings. The van der Waals surface area contributed by atoms with Gasteiger partial charge in [-0.05, 0) is 37.5 Å². The molecular weight excluding hydrogens is 307 g/mol. The monoisotopic (exact) mass is 329 g/mol. The van der Waals surface area contributed by atoms with Crippen LogP contribution in [0.2, 0.25) is 0 Å². The van der Waals surface area contributed by atoms with Gasteiger partial charge in [0, 0.05) is 19.6 Å². The number of halogens is 3. The highest BCUT2D eigenvalue weighted by Gasteiger charge is 2.34. The molecular formula is C17H22F3NO2. The number of para-hydroxylation sites is 1. The molecule has 1 fully saturated rings. The van der Waals surface area contributed by atoms with Crippen molar-refractivity contribution in [1.82, 2.24) is 4.90 Å². The molecule has 128 valence electrons. The molecule has 1 aliphatic heterocycles. The van der Waals surface area contributed by atoms with Gasteiger partial charge in [0.15, 0.2) is 0 Å². The van der Waals surface area contributed by atoms with E-state index in [1.165, 1.54) is 18.2 Å². The van der Waals surface area contributed by atoms with Crippen LogP contribution in [-0.2, 0) is 6.18 Å². The van der Waals surface area contributed by atoms with Crippen molar-refractivity contribution in [3.8, 4) is 5.75 Å². The summed E-state index contributed by atoms with van der Waals surface area (Å²) < 4.78 is 43.9. The predicted octanol–water partition coefficient (Wildman–Crippen LogP) is 3.49. The lowest BCUT2D eigenvalue weighted by Gasteiger charge is -2.38. The molecule has 0 unspecified atom stereocenters. The van der Waals surface area contributed by atoms with E-state index in [2.05, 4.69) is 11.5 Å². The van der Waals surface area contributed by atoms with Crippen molar-refractivity contribution in [1.29, 1.82) is 0 Å². The standard InChI is InChI=1S/C17H22F3NO2/c1-13(2)16(22)7-9-21(10-8-16)11-12-23-15-6-4-3-5-14(15)17(18,19)20/h3-6,22H,1,7-12H2,2H3. The molecule has 0 radical (unpaired) electrons. The van der Waals surface area contributed by atoms with E-state index in [9.17, 15) is 18.3 Å². The lowest BCUT2D eigenvalue weighted by Crippen LogP contribution is -2.46. The molecule has 3 nitrogen and oxygen atoms in total. The number of aliphatic hydroxyl groups is 1. The van der Waals surface area contributed by atoms with Gasteiger partial charge in [-0.3, -0.25) is 4.90 Å². The molecule has 0 bridgehead atoms. The average molecular weight is 329 g/mol. The number of benzene rings is 1. The summed E-state index contributed by atoms with van der Waals surface area (Å²) in [5, 5.41) is 10.3. The van der Waals surface area contributed by atoms with Crippen LogP contribution in [0.25, 0.3) is 0 Å². The van der Waals surface area contributed by atoms with Crippen LogP contribution in [0.15, 0.2) is 36.4 Å². The largest absolute Gasteiger partial charge is 0.492 e. The summed E-state index contributed by atoms with van der Waals surface area (Å²) in [6.07, 6.45) is -3.25. The van der Waals surface area contributed by atoms with Crippen molar-refractivity contribution >= 4 is 0 Å². The minimum Gasteiger partial charge on any atom is -0.492 e. The maximum atomic E-state index is 12.9. The van der Waals surface area contributed by atoms with Gasteiger partial charge in [0.2, 0.25) is 0 Å². The Bertz CT molecular complexity index is 549. The van der Waals surface area contributed by atoms with Crippen molar-refractivity contribution in [2.75, 3.05) is 26.2 Å². The SMILES string of the molecule is C=C(C)C1(O)CCN(CCOc2ccccc2C(F)(F)F)CC1. The van der Waals surface area contributed by atoms with Crippen LogP contribution in [0.1, 0.15) is 25.3 Å². The second-order valence-electron chi connectivity index (χ2n) is 6.00. The van der Waals surface area contributed by atoms with Crippen LogP contribution in [0, 0.1) is 0 Å². The maximum Gasteiger partial charge on any atom is 0.419 e. The summed E-state index contributed by atoms with van der Waals surface area (Å²) in [5.41, 5.74) is -0.817. The number of alkyl halides is 3. The van der Waals surface area contributed by atoms with Crippen LogP contribution < -0.4 is 4.74 Å². The molecule has 0 aliphatic carbocycles. The normalized spacial score (nSPS) is 18.7. The highest BCUT2D eigenvalue weighted by atomic mass is 19.4. The molecule has 0 saturated carbocycles. The number of likely N-dealkylation sites (tertiary alicyclic amines) is 1. The third kappa shape index (κ3) is 4.48. The Morgan fingerprint density at radius 2 is 1.91 bits per heavy atom. The zero-order valence-electron chi connectivity index (χ0n) is 13.2. The summed E-state index contributed by atoms with van der Waals surface area (Å²) in [6, 6.07) is 5.22. The van der Waals surface area contributed by atoms with E-state index in [4.69, 9.17) is 4.74 Å². The van der Waals surface area contributed by atoms with Gasteiger partial charge in [0.05, 0.1) is 11.2 Å². The molecule has 1 aromatic carbocycles. The Labute approximate surface area is 134 Å². The van der Waals surface area contributed by atoms with Crippen LogP contribution in [0.3, 0.4) is 0 Å². The molecule has 0 atom stereocenters. The van der Waals surface area contributed by atoms with Gasteiger partial charge in [0.1, 0.15) is 12.4 Å². The van der Waals surface area contributed by atoms with Crippen molar-refractivity contribution in [2.24, 2.45) is 0 Å². The minimum atomic E-state index is -4.42. The smallest absolute Gasteiger partial charge is 0.419 e. The summed E-state index contributed by atoms with van der Waals surface area (Å²) in [5.74, 6) is -0.143. The first-order valence-electron chi connectivity index (χ1n) is 7.62. The van der Waals surface area contributed by atoms with Crippen molar-refractivity contribution in [3.63, 3.8) is 0 Å². The van der Waals surface area contributed by atoms with Gasteiger partial charge in [0.25, 0.3) is 0 Å². The van der Waals surface area contributed by atoms with E-state index < -0.39 is 17.3 Å². The third-order valence-corrected chi connectivity index (χ3v) is 4.34. The number of hydrogen-bond acceptors (Lipinski definition) is 3. The molecule has 23 heavy (non-hydrogen) atoms.